The van der Waals surface area contributed by atoms with Gasteiger partial charge in [0.2, 0.25) is 0 Å². The second-order valence-electron chi connectivity index (χ2n) is 6.20. The Kier molecular flexibility index (Phi) is 4.01. The number of nitrogens with zero attached hydrogens (tertiary/aromatic N) is 2. The van der Waals surface area contributed by atoms with Crippen LogP contribution in [0, 0.1) is 6.92 Å². The molecule has 27 heavy (non-hydrogen) atoms. The monoisotopic (exact) mass is 356 g/mol. The summed E-state index contributed by atoms with van der Waals surface area (Å²) in [6.45, 7) is 1.95. The summed E-state index contributed by atoms with van der Waals surface area (Å²) in [4.78, 5) is 33.8. The molecule has 0 saturated heterocycles. The Morgan fingerprint density at radius 2 is 1.48 bits per heavy atom. The van der Waals surface area contributed by atoms with Crippen molar-refractivity contribution < 1.29 is 9.59 Å². The van der Waals surface area contributed by atoms with Crippen molar-refractivity contribution >= 4 is 39.6 Å². The minimum Gasteiger partial charge on any atom is -0.366 e. The van der Waals surface area contributed by atoms with Gasteiger partial charge in [0, 0.05) is 0 Å². The van der Waals surface area contributed by atoms with Crippen molar-refractivity contribution in [1.29, 1.82) is 0 Å². The number of hydrogen-bond acceptors (Lipinski definition) is 4. The normalized spacial score (nSPS) is 10.9. The highest BCUT2D eigenvalue weighted by Crippen LogP contribution is 2.23. The van der Waals surface area contributed by atoms with E-state index in [1.165, 1.54) is 0 Å². The van der Waals surface area contributed by atoms with Gasteiger partial charge < -0.3 is 11.1 Å². The molecule has 0 aliphatic carbocycles. The molecule has 0 aliphatic rings. The summed E-state index contributed by atoms with van der Waals surface area (Å²) < 4.78 is 0. The number of primary amides is 1. The molecule has 3 aromatic carbocycles. The van der Waals surface area contributed by atoms with E-state index in [9.17, 15) is 9.59 Å². The zero-order valence-electron chi connectivity index (χ0n) is 14.6. The van der Waals surface area contributed by atoms with Crippen LogP contribution in [0.1, 0.15) is 26.3 Å². The Balaban J connectivity index is 1.83. The highest BCUT2D eigenvalue weighted by atomic mass is 16.2. The minimum atomic E-state index is -0.606. The molecule has 0 saturated carbocycles. The van der Waals surface area contributed by atoms with E-state index in [-0.39, 0.29) is 11.5 Å². The lowest BCUT2D eigenvalue weighted by Crippen LogP contribution is -2.18. The molecule has 4 aromatic rings. The third-order valence-electron chi connectivity index (χ3n) is 4.38. The standard InChI is InChI=1S/C21H16N4O2/c1-12-6-4-10-16-18(12)25-19-14(8-5-11-17(19)23-16)21(27)24-15-9-3-2-7-13(15)20(22)26/h2-11H,1H3,(H2,22,26)(H,24,27). The fraction of sp³-hybridized carbons (Fsp3) is 0.0476. The van der Waals surface area contributed by atoms with Crippen LogP contribution in [0.5, 0.6) is 0 Å². The van der Waals surface area contributed by atoms with E-state index in [0.29, 0.717) is 22.3 Å². The summed E-state index contributed by atoms with van der Waals surface area (Å²) in [5.74, 6) is -0.984. The van der Waals surface area contributed by atoms with Crippen molar-refractivity contribution in [3.8, 4) is 0 Å². The smallest absolute Gasteiger partial charge is 0.257 e. The summed E-state index contributed by atoms with van der Waals surface area (Å²) in [5, 5.41) is 2.76. The summed E-state index contributed by atoms with van der Waals surface area (Å²) in [5.41, 5.74) is 10.0. The van der Waals surface area contributed by atoms with E-state index in [1.54, 1.807) is 36.4 Å². The number of nitrogens with two attached hydrogens (primary N) is 1. The zero-order chi connectivity index (χ0) is 19.0. The second-order valence-corrected chi connectivity index (χ2v) is 6.20. The van der Waals surface area contributed by atoms with Gasteiger partial charge in [0.1, 0.15) is 5.52 Å². The van der Waals surface area contributed by atoms with Gasteiger partial charge >= 0.3 is 0 Å². The van der Waals surface area contributed by atoms with E-state index in [0.717, 1.165) is 16.6 Å². The van der Waals surface area contributed by atoms with Crippen LogP contribution in [0.15, 0.2) is 60.7 Å². The van der Waals surface area contributed by atoms with Gasteiger partial charge in [0.15, 0.2) is 0 Å². The number of amides is 2. The Hall–Kier alpha value is -3.80. The van der Waals surface area contributed by atoms with Crippen molar-refractivity contribution in [2.45, 2.75) is 6.92 Å². The molecule has 132 valence electrons. The molecule has 0 spiro atoms. The molecule has 0 bridgehead atoms. The molecule has 0 fully saturated rings. The molecule has 1 heterocycles. The number of para-hydroxylation sites is 3. The predicted molar refractivity (Wildman–Crippen MR) is 105 cm³/mol. The first-order valence-electron chi connectivity index (χ1n) is 8.41. The van der Waals surface area contributed by atoms with Gasteiger partial charge in [-0.2, -0.15) is 0 Å². The molecule has 0 radical (unpaired) electrons. The topological polar surface area (TPSA) is 98.0 Å². The Morgan fingerprint density at radius 3 is 2.26 bits per heavy atom. The first kappa shape index (κ1) is 16.7. The number of benzene rings is 3. The van der Waals surface area contributed by atoms with Crippen LogP contribution in [-0.2, 0) is 0 Å². The quantitative estimate of drug-likeness (QED) is 0.549. The maximum atomic E-state index is 12.9. The average Bonchev–Trinajstić information content (AvgIpc) is 2.66. The Bertz CT molecular complexity index is 1220. The van der Waals surface area contributed by atoms with Gasteiger partial charge in [-0.3, -0.25) is 9.59 Å². The second kappa shape index (κ2) is 6.49. The number of carbonyl (C=O) groups is 2. The summed E-state index contributed by atoms with van der Waals surface area (Å²) >= 11 is 0. The van der Waals surface area contributed by atoms with Crippen molar-refractivity contribution in [3.05, 3.63) is 77.4 Å². The lowest BCUT2D eigenvalue weighted by atomic mass is 10.1. The van der Waals surface area contributed by atoms with Gasteiger partial charge in [-0.25, -0.2) is 9.97 Å². The van der Waals surface area contributed by atoms with Gasteiger partial charge in [-0.05, 0) is 42.8 Å². The van der Waals surface area contributed by atoms with E-state index in [2.05, 4.69) is 15.3 Å². The Labute approximate surface area is 155 Å². The molecule has 6 nitrogen and oxygen atoms in total. The van der Waals surface area contributed by atoms with E-state index < -0.39 is 5.91 Å². The van der Waals surface area contributed by atoms with Crippen LogP contribution in [-0.4, -0.2) is 21.8 Å². The van der Waals surface area contributed by atoms with Gasteiger partial charge in [-0.15, -0.1) is 0 Å². The van der Waals surface area contributed by atoms with Crippen LogP contribution in [0.2, 0.25) is 0 Å². The van der Waals surface area contributed by atoms with Crippen LogP contribution in [0.3, 0.4) is 0 Å². The van der Waals surface area contributed by atoms with Crippen LogP contribution in [0.25, 0.3) is 22.1 Å². The SMILES string of the molecule is Cc1cccc2nc3cccc(C(=O)Nc4ccccc4C(N)=O)c3nc12. The maximum absolute atomic E-state index is 12.9. The fourth-order valence-electron chi connectivity index (χ4n) is 3.04. The Morgan fingerprint density at radius 1 is 0.815 bits per heavy atom. The lowest BCUT2D eigenvalue weighted by molar-refractivity contribution is 0.100. The largest absolute Gasteiger partial charge is 0.366 e. The maximum Gasteiger partial charge on any atom is 0.257 e. The van der Waals surface area contributed by atoms with Gasteiger partial charge in [0.25, 0.3) is 11.8 Å². The van der Waals surface area contributed by atoms with E-state index in [1.807, 2.05) is 31.2 Å². The minimum absolute atomic E-state index is 0.249. The van der Waals surface area contributed by atoms with Crippen molar-refractivity contribution in [3.63, 3.8) is 0 Å². The van der Waals surface area contributed by atoms with Gasteiger partial charge in [-0.1, -0.05) is 30.3 Å². The molecular weight excluding hydrogens is 340 g/mol. The first-order valence-corrected chi connectivity index (χ1v) is 8.41. The highest BCUT2D eigenvalue weighted by Gasteiger charge is 2.16. The zero-order valence-corrected chi connectivity index (χ0v) is 14.6. The molecule has 2 amide bonds. The molecular formula is C21H16N4O2. The van der Waals surface area contributed by atoms with Crippen molar-refractivity contribution in [2.75, 3.05) is 5.32 Å². The van der Waals surface area contributed by atoms with Crippen molar-refractivity contribution in [2.24, 2.45) is 5.73 Å². The molecule has 0 aliphatic heterocycles. The number of rotatable bonds is 3. The van der Waals surface area contributed by atoms with Crippen molar-refractivity contribution in [1.82, 2.24) is 9.97 Å². The molecule has 3 N–H and O–H groups in total. The lowest BCUT2D eigenvalue weighted by Gasteiger charge is -2.11. The number of anilines is 1. The molecule has 0 atom stereocenters. The summed E-state index contributed by atoms with van der Waals surface area (Å²) in [7, 11) is 0. The third-order valence-corrected chi connectivity index (χ3v) is 4.38. The van der Waals surface area contributed by atoms with E-state index in [4.69, 9.17) is 5.73 Å². The number of fused-ring (bicyclic) bond motifs is 2. The van der Waals surface area contributed by atoms with Gasteiger partial charge in [0.05, 0.1) is 33.4 Å². The molecule has 6 heteroatoms. The number of aryl methyl sites for hydroxylation is 1. The molecule has 4 rings (SSSR count). The third kappa shape index (κ3) is 2.97. The fourth-order valence-corrected chi connectivity index (χ4v) is 3.04. The number of hydrogen-bond donors (Lipinski definition) is 2. The molecule has 1 aromatic heterocycles. The number of nitrogens with one attached hydrogen (secondary N) is 1. The average molecular weight is 356 g/mol. The molecule has 0 unspecified atom stereocenters. The van der Waals surface area contributed by atoms with E-state index >= 15 is 0 Å². The van der Waals surface area contributed by atoms with Crippen LogP contribution in [0.4, 0.5) is 5.69 Å². The summed E-state index contributed by atoms with van der Waals surface area (Å²) in [6.07, 6.45) is 0. The van der Waals surface area contributed by atoms with Crippen LogP contribution >= 0.6 is 0 Å². The highest BCUT2D eigenvalue weighted by molar-refractivity contribution is 6.14. The predicted octanol–water partition coefficient (Wildman–Crippen LogP) is 3.44. The van der Waals surface area contributed by atoms with Crippen LogP contribution < -0.4 is 11.1 Å². The number of aromatic nitrogens is 2. The summed E-state index contributed by atoms with van der Waals surface area (Å²) in [6, 6.07) is 17.6. The number of carbonyl (C=O) groups excluding carboxylic acids is 2. The first-order chi connectivity index (χ1) is 13.0.